The summed E-state index contributed by atoms with van der Waals surface area (Å²) in [6, 6.07) is 15.9. The van der Waals surface area contributed by atoms with Crippen LogP contribution in [0.25, 0.3) is 0 Å². The third-order valence-electron chi connectivity index (χ3n) is 5.23. The van der Waals surface area contributed by atoms with Gasteiger partial charge in [0, 0.05) is 30.6 Å². The van der Waals surface area contributed by atoms with Gasteiger partial charge in [-0.15, -0.1) is 0 Å². The minimum atomic E-state index is -0.341. The maximum Gasteiger partial charge on any atom is 0.190 e. The van der Waals surface area contributed by atoms with Crippen LogP contribution in [0.3, 0.4) is 0 Å². The van der Waals surface area contributed by atoms with Crippen molar-refractivity contribution in [2.45, 2.75) is 33.1 Å². The van der Waals surface area contributed by atoms with Crippen molar-refractivity contribution < 1.29 is 9.59 Å². The van der Waals surface area contributed by atoms with Gasteiger partial charge in [0.1, 0.15) is 5.69 Å². The van der Waals surface area contributed by atoms with Crippen molar-refractivity contribution in [3.63, 3.8) is 0 Å². The molecule has 2 heterocycles. The number of rotatable bonds is 8. The second-order valence-electron chi connectivity index (χ2n) is 8.09. The third-order valence-corrected chi connectivity index (χ3v) is 5.23. The van der Waals surface area contributed by atoms with Crippen LogP contribution in [0.4, 0.5) is 0 Å². The normalized spacial score (nSPS) is 10.7. The summed E-state index contributed by atoms with van der Waals surface area (Å²) in [5.74, 6) is -0.583. The molecule has 4 rings (SSSR count). The number of ketones is 2. The van der Waals surface area contributed by atoms with Gasteiger partial charge < -0.3 is 0 Å². The average Bonchev–Trinajstić information content (AvgIpc) is 2.81. The zero-order valence-corrected chi connectivity index (χ0v) is 18.7. The molecule has 0 N–H and O–H groups in total. The largest absolute Gasteiger partial charge is 0.294 e. The lowest BCUT2D eigenvalue weighted by Crippen LogP contribution is -2.11. The molecule has 6 heteroatoms. The summed E-state index contributed by atoms with van der Waals surface area (Å²) in [7, 11) is 0. The fourth-order valence-corrected chi connectivity index (χ4v) is 3.55. The SMILES string of the molecule is Cc1cnc(Cc2cc(Cc3ccccc3)cc(C(=O)CC(=O)c3cnc(C)cn3)c2)cn1. The van der Waals surface area contributed by atoms with Crippen LogP contribution in [-0.2, 0) is 12.8 Å². The highest BCUT2D eigenvalue weighted by atomic mass is 16.1. The van der Waals surface area contributed by atoms with Crippen LogP contribution in [0.1, 0.15) is 61.0 Å². The van der Waals surface area contributed by atoms with E-state index < -0.39 is 0 Å². The monoisotopic (exact) mass is 436 g/mol. The van der Waals surface area contributed by atoms with E-state index in [9.17, 15) is 9.59 Å². The smallest absolute Gasteiger partial charge is 0.190 e. The lowest BCUT2D eigenvalue weighted by atomic mass is 9.95. The van der Waals surface area contributed by atoms with Gasteiger partial charge in [0.2, 0.25) is 0 Å². The molecule has 0 aliphatic rings. The van der Waals surface area contributed by atoms with Crippen LogP contribution >= 0.6 is 0 Å². The lowest BCUT2D eigenvalue weighted by molar-refractivity contribution is 0.0891. The van der Waals surface area contributed by atoms with Crippen molar-refractivity contribution in [3.05, 3.63) is 118 Å². The number of benzene rings is 2. The summed E-state index contributed by atoms with van der Waals surface area (Å²) in [5, 5.41) is 0. The first-order valence-corrected chi connectivity index (χ1v) is 10.8. The van der Waals surface area contributed by atoms with Crippen molar-refractivity contribution in [3.8, 4) is 0 Å². The van der Waals surface area contributed by atoms with Crippen molar-refractivity contribution in [1.29, 1.82) is 0 Å². The molecular weight excluding hydrogens is 412 g/mol. The van der Waals surface area contributed by atoms with E-state index >= 15 is 0 Å². The first-order chi connectivity index (χ1) is 16.0. The Morgan fingerprint density at radius 2 is 1.33 bits per heavy atom. The topological polar surface area (TPSA) is 85.7 Å². The molecule has 0 spiro atoms. The summed E-state index contributed by atoms with van der Waals surface area (Å²) in [6.45, 7) is 3.69. The average molecular weight is 437 g/mol. The number of hydrogen-bond acceptors (Lipinski definition) is 6. The molecule has 33 heavy (non-hydrogen) atoms. The number of aryl methyl sites for hydroxylation is 2. The Labute approximate surface area is 192 Å². The maximum absolute atomic E-state index is 13.1. The predicted molar refractivity (Wildman–Crippen MR) is 125 cm³/mol. The molecule has 0 aliphatic heterocycles. The predicted octanol–water partition coefficient (Wildman–Crippen LogP) is 4.52. The molecule has 164 valence electrons. The van der Waals surface area contributed by atoms with Crippen molar-refractivity contribution in [2.75, 3.05) is 0 Å². The van der Waals surface area contributed by atoms with E-state index in [-0.39, 0.29) is 23.7 Å². The fraction of sp³-hybridized carbons (Fsp3) is 0.185. The molecule has 0 radical (unpaired) electrons. The Bertz CT molecular complexity index is 1270. The molecular formula is C27H24N4O2. The second kappa shape index (κ2) is 10.0. The highest BCUT2D eigenvalue weighted by Crippen LogP contribution is 2.19. The van der Waals surface area contributed by atoms with Gasteiger partial charge in [0.25, 0.3) is 0 Å². The molecule has 0 fully saturated rings. The van der Waals surface area contributed by atoms with E-state index in [4.69, 9.17) is 0 Å². The summed E-state index contributed by atoms with van der Waals surface area (Å²) in [6.07, 6.45) is 7.41. The summed E-state index contributed by atoms with van der Waals surface area (Å²) < 4.78 is 0. The number of carbonyl (C=O) groups excluding carboxylic acids is 2. The quantitative estimate of drug-likeness (QED) is 0.298. The minimum Gasteiger partial charge on any atom is -0.294 e. The zero-order chi connectivity index (χ0) is 23.2. The van der Waals surface area contributed by atoms with Crippen molar-refractivity contribution >= 4 is 11.6 Å². The van der Waals surface area contributed by atoms with Gasteiger partial charge >= 0.3 is 0 Å². The summed E-state index contributed by atoms with van der Waals surface area (Å²) in [4.78, 5) is 42.6. The fourth-order valence-electron chi connectivity index (χ4n) is 3.55. The van der Waals surface area contributed by atoms with E-state index in [0.29, 0.717) is 18.4 Å². The summed E-state index contributed by atoms with van der Waals surface area (Å²) in [5.41, 5.74) is 6.20. The Balaban J connectivity index is 1.61. The first-order valence-electron chi connectivity index (χ1n) is 10.8. The number of hydrogen-bond donors (Lipinski definition) is 0. The maximum atomic E-state index is 13.1. The molecule has 2 aromatic heterocycles. The van der Waals surface area contributed by atoms with E-state index in [1.54, 1.807) is 19.3 Å². The van der Waals surface area contributed by atoms with Gasteiger partial charge in [-0.1, -0.05) is 36.4 Å². The van der Waals surface area contributed by atoms with Crippen LogP contribution in [0.15, 0.2) is 73.3 Å². The number of Topliss-reactive ketones (excluding diaryl/α,β-unsaturated/α-hetero) is 2. The molecule has 0 aliphatic carbocycles. The Kier molecular flexibility index (Phi) is 6.74. The van der Waals surface area contributed by atoms with Crippen LogP contribution in [0, 0.1) is 13.8 Å². The van der Waals surface area contributed by atoms with Gasteiger partial charge in [-0.05, 0) is 49.1 Å². The second-order valence-corrected chi connectivity index (χ2v) is 8.09. The van der Waals surface area contributed by atoms with Crippen LogP contribution in [-0.4, -0.2) is 31.5 Å². The third kappa shape index (κ3) is 6.01. The van der Waals surface area contributed by atoms with Crippen molar-refractivity contribution in [2.24, 2.45) is 0 Å². The highest BCUT2D eigenvalue weighted by Gasteiger charge is 2.17. The Morgan fingerprint density at radius 3 is 1.97 bits per heavy atom. The van der Waals surface area contributed by atoms with Crippen LogP contribution in [0.5, 0.6) is 0 Å². The Hall–Kier alpha value is -4.06. The number of nitrogens with zero attached hydrogens (tertiary/aromatic N) is 4. The Morgan fingerprint density at radius 1 is 0.667 bits per heavy atom. The molecule has 4 aromatic rings. The molecule has 0 amide bonds. The van der Waals surface area contributed by atoms with E-state index in [1.165, 1.54) is 12.4 Å². The minimum absolute atomic E-state index is 0.199. The first kappa shape index (κ1) is 22.1. The molecule has 0 bridgehead atoms. The van der Waals surface area contributed by atoms with Crippen molar-refractivity contribution in [1.82, 2.24) is 19.9 Å². The van der Waals surface area contributed by atoms with E-state index in [1.807, 2.05) is 37.3 Å². The van der Waals surface area contributed by atoms with E-state index in [0.717, 1.165) is 33.8 Å². The van der Waals surface area contributed by atoms with Gasteiger partial charge in [-0.25, -0.2) is 4.98 Å². The number of carbonyl (C=O) groups is 2. The standard InChI is InChI=1S/C27H24N4O2/c1-18-14-30-24(16-28-18)12-22-9-21(8-20-6-4-3-5-7-20)10-23(11-22)26(32)13-27(33)25-17-29-19(2)15-31-25/h3-7,9-11,14-17H,8,12-13H2,1-2H3. The molecule has 0 saturated heterocycles. The molecule has 6 nitrogen and oxygen atoms in total. The molecule has 0 atom stereocenters. The van der Waals surface area contributed by atoms with E-state index in [2.05, 4.69) is 38.1 Å². The summed E-state index contributed by atoms with van der Waals surface area (Å²) >= 11 is 0. The molecule has 0 saturated carbocycles. The van der Waals surface area contributed by atoms with Gasteiger partial charge in [0.15, 0.2) is 11.6 Å². The molecule has 0 unspecified atom stereocenters. The van der Waals surface area contributed by atoms with Crippen LogP contribution in [0.2, 0.25) is 0 Å². The lowest BCUT2D eigenvalue weighted by Gasteiger charge is -2.10. The van der Waals surface area contributed by atoms with Gasteiger partial charge in [-0.3, -0.25) is 24.5 Å². The highest BCUT2D eigenvalue weighted by molar-refractivity contribution is 6.12. The molecule has 2 aromatic carbocycles. The van der Waals surface area contributed by atoms with Gasteiger partial charge in [-0.2, -0.15) is 0 Å². The zero-order valence-electron chi connectivity index (χ0n) is 18.7. The number of aromatic nitrogens is 4. The van der Waals surface area contributed by atoms with Gasteiger partial charge in [0.05, 0.1) is 29.7 Å². The van der Waals surface area contributed by atoms with Crippen LogP contribution < -0.4 is 0 Å².